The first-order chi connectivity index (χ1) is 9.54. The molecule has 0 saturated heterocycles. The van der Waals surface area contributed by atoms with Gasteiger partial charge >= 0.3 is 12.4 Å². The third-order valence-corrected chi connectivity index (χ3v) is 2.98. The molecule has 0 radical (unpaired) electrons. The largest absolute Gasteiger partial charge is 0.430 e. The SMILES string of the molecule is CCCCNc1ccc(C(O)(C(F)(F)F)C(F)(F)F)cc1.Cl. The Kier molecular flexibility index (Phi) is 7.02. The summed E-state index contributed by atoms with van der Waals surface area (Å²) in [5, 5.41) is 12.0. The maximum Gasteiger partial charge on any atom is 0.430 e. The van der Waals surface area contributed by atoms with Crippen LogP contribution in [0.1, 0.15) is 25.3 Å². The van der Waals surface area contributed by atoms with Gasteiger partial charge in [0.05, 0.1) is 0 Å². The number of halogens is 7. The molecule has 2 nitrogen and oxygen atoms in total. The first kappa shape index (κ1) is 20.9. The van der Waals surface area contributed by atoms with Crippen LogP contribution in [-0.4, -0.2) is 24.0 Å². The monoisotopic (exact) mass is 351 g/mol. The fraction of sp³-hybridized carbons (Fsp3) is 0.538. The topological polar surface area (TPSA) is 32.3 Å². The lowest BCUT2D eigenvalue weighted by atomic mass is 9.92. The molecule has 128 valence electrons. The Morgan fingerprint density at radius 1 is 0.955 bits per heavy atom. The molecule has 0 aromatic heterocycles. The minimum atomic E-state index is -5.86. The highest BCUT2D eigenvalue weighted by atomic mass is 35.5. The predicted molar refractivity (Wildman–Crippen MR) is 73.1 cm³/mol. The van der Waals surface area contributed by atoms with Crippen LogP contribution in [-0.2, 0) is 5.60 Å². The average Bonchev–Trinajstić information content (AvgIpc) is 2.36. The highest BCUT2D eigenvalue weighted by Gasteiger charge is 2.71. The maximum atomic E-state index is 12.6. The number of unbranched alkanes of at least 4 members (excludes halogenated alkanes) is 1. The number of hydrogen-bond acceptors (Lipinski definition) is 2. The van der Waals surface area contributed by atoms with Crippen molar-refractivity contribution in [2.24, 2.45) is 0 Å². The van der Waals surface area contributed by atoms with Crippen LogP contribution in [0.3, 0.4) is 0 Å². The summed E-state index contributed by atoms with van der Waals surface area (Å²) in [5.41, 5.74) is -5.75. The second-order valence-electron chi connectivity index (χ2n) is 4.56. The van der Waals surface area contributed by atoms with E-state index in [9.17, 15) is 31.4 Å². The first-order valence-corrected chi connectivity index (χ1v) is 6.24. The van der Waals surface area contributed by atoms with Crippen LogP contribution in [0.2, 0.25) is 0 Å². The molecule has 0 fully saturated rings. The molecule has 0 bridgehead atoms. The zero-order valence-corrected chi connectivity index (χ0v) is 12.4. The summed E-state index contributed by atoms with van der Waals surface area (Å²) < 4.78 is 75.9. The van der Waals surface area contributed by atoms with Crippen LogP contribution in [0.5, 0.6) is 0 Å². The summed E-state index contributed by atoms with van der Waals surface area (Å²) in [6.45, 7) is 2.50. The van der Waals surface area contributed by atoms with Gasteiger partial charge in [-0.2, -0.15) is 26.3 Å². The second kappa shape index (κ2) is 7.41. The lowest BCUT2D eigenvalue weighted by molar-refractivity contribution is -0.376. The zero-order valence-electron chi connectivity index (χ0n) is 11.6. The Hall–Kier alpha value is -1.15. The van der Waals surface area contributed by atoms with Crippen LogP contribution < -0.4 is 5.32 Å². The van der Waals surface area contributed by atoms with Gasteiger partial charge in [-0.1, -0.05) is 25.5 Å². The van der Waals surface area contributed by atoms with E-state index in [1.165, 1.54) is 0 Å². The number of hydrogen-bond donors (Lipinski definition) is 2. The molecule has 2 N–H and O–H groups in total. The predicted octanol–water partition coefficient (Wildman–Crippen LogP) is 4.63. The van der Waals surface area contributed by atoms with E-state index >= 15 is 0 Å². The van der Waals surface area contributed by atoms with Crippen molar-refractivity contribution >= 4 is 18.1 Å². The number of alkyl halides is 6. The number of anilines is 1. The van der Waals surface area contributed by atoms with Gasteiger partial charge in [-0.15, -0.1) is 12.4 Å². The Bertz CT molecular complexity index is 443. The molecule has 0 atom stereocenters. The van der Waals surface area contributed by atoms with Crippen molar-refractivity contribution in [2.45, 2.75) is 37.7 Å². The quantitative estimate of drug-likeness (QED) is 0.598. The van der Waals surface area contributed by atoms with E-state index in [-0.39, 0.29) is 12.4 Å². The fourth-order valence-electron chi connectivity index (χ4n) is 1.73. The summed E-state index contributed by atoms with van der Waals surface area (Å²) >= 11 is 0. The molecule has 0 spiro atoms. The second-order valence-corrected chi connectivity index (χ2v) is 4.56. The normalized spacial score (nSPS) is 12.7. The molecule has 1 rings (SSSR count). The molecule has 0 aliphatic heterocycles. The molecule has 22 heavy (non-hydrogen) atoms. The van der Waals surface area contributed by atoms with Gasteiger partial charge in [0.1, 0.15) is 0 Å². The smallest absolute Gasteiger partial charge is 0.385 e. The molecule has 1 aromatic rings. The van der Waals surface area contributed by atoms with Gasteiger partial charge in [-0.25, -0.2) is 0 Å². The Balaban J connectivity index is 0.00000441. The summed E-state index contributed by atoms with van der Waals surface area (Å²) in [6, 6.07) is 3.39. The van der Waals surface area contributed by atoms with Gasteiger partial charge < -0.3 is 10.4 Å². The van der Waals surface area contributed by atoms with E-state index in [1.807, 2.05) is 6.92 Å². The maximum absolute atomic E-state index is 12.6. The fourth-order valence-corrected chi connectivity index (χ4v) is 1.73. The van der Waals surface area contributed by atoms with E-state index in [2.05, 4.69) is 5.32 Å². The van der Waals surface area contributed by atoms with Crippen molar-refractivity contribution in [3.63, 3.8) is 0 Å². The van der Waals surface area contributed by atoms with Crippen LogP contribution >= 0.6 is 12.4 Å². The third kappa shape index (κ3) is 4.19. The molecule has 0 unspecified atom stereocenters. The van der Waals surface area contributed by atoms with E-state index in [1.54, 1.807) is 0 Å². The minimum absolute atomic E-state index is 0. The van der Waals surface area contributed by atoms with Gasteiger partial charge in [0.15, 0.2) is 0 Å². The molecular formula is C13H16ClF6NO. The highest BCUT2D eigenvalue weighted by Crippen LogP contribution is 2.50. The third-order valence-electron chi connectivity index (χ3n) is 2.98. The van der Waals surface area contributed by atoms with Crippen molar-refractivity contribution in [3.05, 3.63) is 29.8 Å². The Morgan fingerprint density at radius 3 is 1.77 bits per heavy atom. The van der Waals surface area contributed by atoms with Crippen molar-refractivity contribution in [1.82, 2.24) is 0 Å². The van der Waals surface area contributed by atoms with E-state index in [0.29, 0.717) is 24.4 Å². The average molecular weight is 352 g/mol. The molecule has 0 heterocycles. The summed E-state index contributed by atoms with van der Waals surface area (Å²) in [6.07, 6.45) is -10.0. The Labute approximate surface area is 129 Å². The molecule has 0 aliphatic rings. The lowest BCUT2D eigenvalue weighted by Gasteiger charge is -2.32. The van der Waals surface area contributed by atoms with Crippen LogP contribution in [0.4, 0.5) is 32.0 Å². The summed E-state index contributed by atoms with van der Waals surface area (Å²) in [7, 11) is 0. The molecule has 0 amide bonds. The zero-order chi connectivity index (χ0) is 16.3. The van der Waals surface area contributed by atoms with Crippen LogP contribution in [0.25, 0.3) is 0 Å². The lowest BCUT2D eigenvalue weighted by Crippen LogP contribution is -2.53. The van der Waals surface area contributed by atoms with Gasteiger partial charge in [0.2, 0.25) is 0 Å². The summed E-state index contributed by atoms with van der Waals surface area (Å²) in [5.74, 6) is 0. The number of nitrogens with one attached hydrogen (secondary N) is 1. The molecule has 1 aromatic carbocycles. The molecule has 0 saturated carbocycles. The van der Waals surface area contributed by atoms with E-state index < -0.39 is 23.5 Å². The van der Waals surface area contributed by atoms with Crippen LogP contribution in [0, 0.1) is 0 Å². The van der Waals surface area contributed by atoms with Crippen LogP contribution in [0.15, 0.2) is 24.3 Å². The van der Waals surface area contributed by atoms with E-state index in [4.69, 9.17) is 0 Å². The van der Waals surface area contributed by atoms with Gasteiger partial charge in [-0.05, 0) is 18.6 Å². The first-order valence-electron chi connectivity index (χ1n) is 6.24. The van der Waals surface area contributed by atoms with E-state index in [0.717, 1.165) is 25.0 Å². The number of benzene rings is 1. The molecule has 0 aliphatic carbocycles. The minimum Gasteiger partial charge on any atom is -0.385 e. The number of rotatable bonds is 5. The summed E-state index contributed by atoms with van der Waals surface area (Å²) in [4.78, 5) is 0. The number of aliphatic hydroxyl groups is 1. The Morgan fingerprint density at radius 2 is 1.41 bits per heavy atom. The molecular weight excluding hydrogens is 336 g/mol. The highest BCUT2D eigenvalue weighted by molar-refractivity contribution is 5.85. The van der Waals surface area contributed by atoms with Gasteiger partial charge in [-0.3, -0.25) is 0 Å². The van der Waals surface area contributed by atoms with Crippen molar-refractivity contribution in [3.8, 4) is 0 Å². The van der Waals surface area contributed by atoms with Crippen molar-refractivity contribution < 1.29 is 31.4 Å². The van der Waals surface area contributed by atoms with Gasteiger partial charge in [0, 0.05) is 17.8 Å². The van der Waals surface area contributed by atoms with Crippen molar-refractivity contribution in [1.29, 1.82) is 0 Å². The molecule has 9 heteroatoms. The van der Waals surface area contributed by atoms with Crippen molar-refractivity contribution in [2.75, 3.05) is 11.9 Å². The standard InChI is InChI=1S/C13H15F6NO.ClH/c1-2-3-8-20-10-6-4-9(5-7-10)11(21,12(14,15)16)13(17,18)19;/h4-7,20-21H,2-3,8H2,1H3;1H. The van der Waals surface area contributed by atoms with Gasteiger partial charge in [0.25, 0.3) is 5.60 Å².